The number of halogens is 3. The van der Waals surface area contributed by atoms with Crippen LogP contribution in [0.25, 0.3) is 0 Å². The third-order valence-corrected chi connectivity index (χ3v) is 1.86. The number of hydrogen-bond acceptors (Lipinski definition) is 0. The molecular formula is C7H11Cl3. The summed E-state index contributed by atoms with van der Waals surface area (Å²) in [5, 5.41) is 0.538. The number of rotatable bonds is 1. The molecule has 0 saturated heterocycles. The van der Waals surface area contributed by atoms with Crippen molar-refractivity contribution < 1.29 is 0 Å². The molecule has 0 aromatic carbocycles. The predicted octanol–water partition coefficient (Wildman–Crippen LogP) is 4.31. The van der Waals surface area contributed by atoms with Gasteiger partial charge < -0.3 is 0 Å². The summed E-state index contributed by atoms with van der Waals surface area (Å²) in [6.07, 6.45) is 0.719. The first-order valence-corrected chi connectivity index (χ1v) is 4.16. The van der Waals surface area contributed by atoms with Crippen molar-refractivity contribution in [2.75, 3.05) is 0 Å². The van der Waals surface area contributed by atoms with Crippen LogP contribution in [0.5, 0.6) is 0 Å². The van der Waals surface area contributed by atoms with Gasteiger partial charge in [0.15, 0.2) is 0 Å². The van der Waals surface area contributed by atoms with E-state index < -0.39 is 0 Å². The van der Waals surface area contributed by atoms with Crippen LogP contribution in [0.4, 0.5) is 0 Å². The molecule has 0 nitrogen and oxygen atoms in total. The quantitative estimate of drug-likeness (QED) is 0.593. The van der Waals surface area contributed by atoms with Gasteiger partial charge in [0.05, 0.1) is 0 Å². The zero-order valence-electron chi connectivity index (χ0n) is 6.34. The smallest absolute Gasteiger partial charge is 0.0865 e. The molecule has 0 aliphatic heterocycles. The standard InChI is InChI=1S/C7H11Cl3/c1-7(2,3)4-5(8)6(9)10/h4H2,1-3H3. The van der Waals surface area contributed by atoms with E-state index in [1.165, 1.54) is 0 Å². The Morgan fingerprint density at radius 3 is 1.60 bits per heavy atom. The second-order valence-corrected chi connectivity index (χ2v) is 4.81. The lowest BCUT2D eigenvalue weighted by Gasteiger charge is -2.16. The minimum Gasteiger partial charge on any atom is -0.0865 e. The monoisotopic (exact) mass is 200 g/mol. The van der Waals surface area contributed by atoms with Crippen molar-refractivity contribution in [3.63, 3.8) is 0 Å². The molecule has 0 aromatic heterocycles. The lowest BCUT2D eigenvalue weighted by molar-refractivity contribution is 0.417. The minimum atomic E-state index is 0.145. The van der Waals surface area contributed by atoms with Crippen molar-refractivity contribution in [3.05, 3.63) is 9.52 Å². The third kappa shape index (κ3) is 5.40. The molecule has 0 radical (unpaired) electrons. The summed E-state index contributed by atoms with van der Waals surface area (Å²) in [5.74, 6) is 0. The first kappa shape index (κ1) is 10.6. The average Bonchev–Trinajstić information content (AvgIpc) is 1.60. The molecule has 0 aromatic rings. The molecule has 0 fully saturated rings. The fourth-order valence-electron chi connectivity index (χ4n) is 0.532. The third-order valence-electron chi connectivity index (χ3n) is 0.891. The van der Waals surface area contributed by atoms with Crippen molar-refractivity contribution >= 4 is 34.8 Å². The van der Waals surface area contributed by atoms with Gasteiger partial charge in [0.25, 0.3) is 0 Å². The maximum absolute atomic E-state index is 5.72. The van der Waals surface area contributed by atoms with E-state index in [-0.39, 0.29) is 9.91 Å². The summed E-state index contributed by atoms with van der Waals surface area (Å²) >= 11 is 16.6. The second kappa shape index (κ2) is 3.85. The van der Waals surface area contributed by atoms with Gasteiger partial charge in [-0.2, -0.15) is 0 Å². The van der Waals surface area contributed by atoms with Gasteiger partial charge in [0.1, 0.15) is 4.49 Å². The summed E-state index contributed by atoms with van der Waals surface area (Å²) in [7, 11) is 0. The summed E-state index contributed by atoms with van der Waals surface area (Å²) in [4.78, 5) is 0. The van der Waals surface area contributed by atoms with E-state index in [9.17, 15) is 0 Å². The summed E-state index contributed by atoms with van der Waals surface area (Å²) < 4.78 is 0.177. The SMILES string of the molecule is CC(C)(C)CC(Cl)=C(Cl)Cl. The van der Waals surface area contributed by atoms with Crippen molar-refractivity contribution in [2.45, 2.75) is 27.2 Å². The van der Waals surface area contributed by atoms with Crippen LogP contribution in [-0.2, 0) is 0 Å². The van der Waals surface area contributed by atoms with Crippen molar-refractivity contribution in [1.29, 1.82) is 0 Å². The van der Waals surface area contributed by atoms with Gasteiger partial charge in [0, 0.05) is 5.03 Å². The van der Waals surface area contributed by atoms with E-state index in [2.05, 4.69) is 20.8 Å². The molecule has 3 heteroatoms. The molecular weight excluding hydrogens is 190 g/mol. The highest BCUT2D eigenvalue weighted by Gasteiger charge is 2.13. The zero-order valence-corrected chi connectivity index (χ0v) is 8.61. The van der Waals surface area contributed by atoms with Crippen molar-refractivity contribution in [2.24, 2.45) is 5.41 Å². The van der Waals surface area contributed by atoms with Crippen LogP contribution in [0.15, 0.2) is 9.52 Å². The van der Waals surface area contributed by atoms with E-state index in [1.54, 1.807) is 0 Å². The summed E-state index contributed by atoms with van der Waals surface area (Å²) in [6, 6.07) is 0. The molecule has 0 N–H and O–H groups in total. The first-order valence-electron chi connectivity index (χ1n) is 3.02. The van der Waals surface area contributed by atoms with E-state index in [0.29, 0.717) is 5.03 Å². The zero-order chi connectivity index (χ0) is 8.36. The van der Waals surface area contributed by atoms with Gasteiger partial charge >= 0.3 is 0 Å². The Bertz CT molecular complexity index is 137. The van der Waals surface area contributed by atoms with Crippen LogP contribution in [-0.4, -0.2) is 0 Å². The first-order chi connectivity index (χ1) is 4.33. The highest BCUT2D eigenvalue weighted by Crippen LogP contribution is 2.30. The van der Waals surface area contributed by atoms with Crippen LogP contribution >= 0.6 is 34.8 Å². The van der Waals surface area contributed by atoms with Gasteiger partial charge in [-0.15, -0.1) is 0 Å². The highest BCUT2D eigenvalue weighted by atomic mass is 35.5. The molecule has 0 aliphatic rings. The maximum Gasteiger partial charge on any atom is 0.121 e. The molecule has 0 rings (SSSR count). The van der Waals surface area contributed by atoms with E-state index in [1.807, 2.05) is 0 Å². The summed E-state index contributed by atoms with van der Waals surface area (Å²) in [5.41, 5.74) is 0.145. The maximum atomic E-state index is 5.72. The lowest BCUT2D eigenvalue weighted by atomic mass is 9.92. The van der Waals surface area contributed by atoms with Crippen LogP contribution in [0.2, 0.25) is 0 Å². The Morgan fingerprint density at radius 2 is 1.50 bits per heavy atom. The Morgan fingerprint density at radius 1 is 1.10 bits per heavy atom. The normalized spacial score (nSPS) is 11.4. The molecule has 60 valence electrons. The van der Waals surface area contributed by atoms with Crippen molar-refractivity contribution in [1.82, 2.24) is 0 Å². The number of allylic oxidation sites excluding steroid dienone is 1. The molecule has 10 heavy (non-hydrogen) atoms. The Labute approximate surface area is 77.1 Å². The number of hydrogen-bond donors (Lipinski definition) is 0. The fraction of sp³-hybridized carbons (Fsp3) is 0.714. The Kier molecular flexibility index (Phi) is 4.08. The lowest BCUT2D eigenvalue weighted by Crippen LogP contribution is -2.04. The van der Waals surface area contributed by atoms with Gasteiger partial charge in [-0.3, -0.25) is 0 Å². The predicted molar refractivity (Wildman–Crippen MR) is 48.7 cm³/mol. The van der Waals surface area contributed by atoms with Crippen LogP contribution in [0, 0.1) is 5.41 Å². The van der Waals surface area contributed by atoms with Crippen molar-refractivity contribution in [3.8, 4) is 0 Å². The molecule has 0 aliphatic carbocycles. The highest BCUT2D eigenvalue weighted by molar-refractivity contribution is 6.59. The van der Waals surface area contributed by atoms with Crippen LogP contribution < -0.4 is 0 Å². The Balaban J connectivity index is 4.06. The van der Waals surface area contributed by atoms with E-state index in [4.69, 9.17) is 34.8 Å². The fourth-order valence-corrected chi connectivity index (χ4v) is 1.07. The van der Waals surface area contributed by atoms with Crippen LogP contribution in [0.1, 0.15) is 27.2 Å². The molecule has 0 saturated carbocycles. The van der Waals surface area contributed by atoms with E-state index >= 15 is 0 Å². The molecule has 0 unspecified atom stereocenters. The Hall–Kier alpha value is 0.610. The van der Waals surface area contributed by atoms with Gasteiger partial charge in [-0.05, 0) is 11.8 Å². The van der Waals surface area contributed by atoms with Gasteiger partial charge in [0.2, 0.25) is 0 Å². The van der Waals surface area contributed by atoms with Crippen LogP contribution in [0.3, 0.4) is 0 Å². The second-order valence-electron chi connectivity index (χ2n) is 3.40. The molecule has 0 spiro atoms. The molecule has 0 atom stereocenters. The van der Waals surface area contributed by atoms with Gasteiger partial charge in [-0.1, -0.05) is 55.6 Å². The topological polar surface area (TPSA) is 0 Å². The molecule has 0 heterocycles. The molecule has 0 amide bonds. The molecule has 0 bridgehead atoms. The van der Waals surface area contributed by atoms with E-state index in [0.717, 1.165) is 6.42 Å². The average molecular weight is 202 g/mol. The largest absolute Gasteiger partial charge is 0.121 e. The van der Waals surface area contributed by atoms with Gasteiger partial charge in [-0.25, -0.2) is 0 Å². The summed E-state index contributed by atoms with van der Waals surface area (Å²) in [6.45, 7) is 6.23. The minimum absolute atomic E-state index is 0.145.